The van der Waals surface area contributed by atoms with Crippen molar-refractivity contribution in [2.75, 3.05) is 13.3 Å². The molecule has 0 bridgehead atoms. The lowest BCUT2D eigenvalue weighted by Gasteiger charge is -2.12. The minimum absolute atomic E-state index is 0.400. The summed E-state index contributed by atoms with van der Waals surface area (Å²) >= 11 is 0. The zero-order valence-corrected chi connectivity index (χ0v) is 11.1. The van der Waals surface area contributed by atoms with Crippen LogP contribution in [0.25, 0.3) is 0 Å². The Morgan fingerprint density at radius 1 is 1.24 bits per heavy atom. The fourth-order valence-corrected chi connectivity index (χ4v) is 1.76. The average Bonchev–Trinajstić information content (AvgIpc) is 2.35. The third-order valence-electron chi connectivity index (χ3n) is 2.79. The van der Waals surface area contributed by atoms with E-state index in [0.717, 1.165) is 30.1 Å². The molecular formula is C15H22FO. The number of unbranched alkanes of at least 4 members (excludes halogenated alkanes) is 1. The largest absolute Gasteiger partial charge is 0.494 e. The van der Waals surface area contributed by atoms with Gasteiger partial charge in [0.25, 0.3) is 0 Å². The molecule has 0 aliphatic rings. The predicted molar refractivity (Wildman–Crippen MR) is 70.2 cm³/mol. The van der Waals surface area contributed by atoms with Gasteiger partial charge in [0.05, 0.1) is 13.3 Å². The summed E-state index contributed by atoms with van der Waals surface area (Å²) < 4.78 is 18.2. The van der Waals surface area contributed by atoms with E-state index in [9.17, 15) is 4.39 Å². The fraction of sp³-hybridized carbons (Fsp3) is 0.533. The topological polar surface area (TPSA) is 9.23 Å². The first-order valence-electron chi connectivity index (χ1n) is 6.36. The predicted octanol–water partition coefficient (Wildman–Crippen LogP) is 4.34. The van der Waals surface area contributed by atoms with Crippen molar-refractivity contribution in [3.63, 3.8) is 0 Å². The molecule has 0 aliphatic heterocycles. The molecule has 0 unspecified atom stereocenters. The number of aryl methyl sites for hydroxylation is 1. The van der Waals surface area contributed by atoms with Gasteiger partial charge in [-0.3, -0.25) is 4.39 Å². The number of hydrogen-bond donors (Lipinski definition) is 0. The number of rotatable bonds is 7. The van der Waals surface area contributed by atoms with Crippen molar-refractivity contribution >= 4 is 0 Å². The summed E-state index contributed by atoms with van der Waals surface area (Å²) in [5.74, 6) is 1.62. The van der Waals surface area contributed by atoms with E-state index in [-0.39, 0.29) is 0 Å². The Morgan fingerprint density at radius 3 is 2.59 bits per heavy atom. The second-order valence-corrected chi connectivity index (χ2v) is 4.32. The van der Waals surface area contributed by atoms with Crippen LogP contribution >= 0.6 is 0 Å². The van der Waals surface area contributed by atoms with Crippen molar-refractivity contribution in [1.82, 2.24) is 0 Å². The first-order valence-corrected chi connectivity index (χ1v) is 6.36. The minimum Gasteiger partial charge on any atom is -0.494 e. The molecule has 1 radical (unpaired) electrons. The number of ether oxygens (including phenoxy) is 1. The summed E-state index contributed by atoms with van der Waals surface area (Å²) in [6, 6.07) is 6.06. The van der Waals surface area contributed by atoms with Gasteiger partial charge in [-0.05, 0) is 43.0 Å². The Hall–Kier alpha value is -1.05. The van der Waals surface area contributed by atoms with Gasteiger partial charge in [0.2, 0.25) is 0 Å². The van der Waals surface area contributed by atoms with E-state index in [0.29, 0.717) is 6.61 Å². The molecule has 1 aromatic carbocycles. The van der Waals surface area contributed by atoms with Gasteiger partial charge in [-0.2, -0.15) is 0 Å². The summed E-state index contributed by atoms with van der Waals surface area (Å²) in [7, 11) is 0. The van der Waals surface area contributed by atoms with Gasteiger partial charge in [-0.1, -0.05) is 26.3 Å². The number of benzene rings is 1. The highest BCUT2D eigenvalue weighted by atomic mass is 19.1. The van der Waals surface area contributed by atoms with E-state index >= 15 is 0 Å². The second kappa shape index (κ2) is 7.31. The summed E-state index contributed by atoms with van der Waals surface area (Å²) in [5, 5.41) is 0. The molecule has 1 nitrogen and oxygen atoms in total. The van der Waals surface area contributed by atoms with Gasteiger partial charge in [0.1, 0.15) is 5.75 Å². The van der Waals surface area contributed by atoms with Crippen LogP contribution in [0.4, 0.5) is 4.39 Å². The van der Waals surface area contributed by atoms with Crippen LogP contribution in [0.15, 0.2) is 18.2 Å². The molecule has 2 heteroatoms. The number of halogens is 1. The first-order chi connectivity index (χ1) is 8.21. The van der Waals surface area contributed by atoms with Gasteiger partial charge in [-0.25, -0.2) is 0 Å². The molecule has 0 spiro atoms. The zero-order valence-electron chi connectivity index (χ0n) is 11.1. The highest BCUT2D eigenvalue weighted by Crippen LogP contribution is 2.24. The molecule has 0 aromatic heterocycles. The van der Waals surface area contributed by atoms with Gasteiger partial charge >= 0.3 is 0 Å². The van der Waals surface area contributed by atoms with Crippen molar-refractivity contribution in [3.8, 4) is 5.75 Å². The van der Waals surface area contributed by atoms with Crippen LogP contribution < -0.4 is 4.74 Å². The molecule has 95 valence electrons. The maximum absolute atomic E-state index is 12.7. The van der Waals surface area contributed by atoms with Crippen LogP contribution in [0.2, 0.25) is 0 Å². The Bertz CT molecular complexity index is 336. The lowest BCUT2D eigenvalue weighted by molar-refractivity contribution is 0.339. The lowest BCUT2D eigenvalue weighted by Crippen LogP contribution is -2.01. The second-order valence-electron chi connectivity index (χ2n) is 4.32. The number of hydrogen-bond acceptors (Lipinski definition) is 1. The van der Waals surface area contributed by atoms with Gasteiger partial charge < -0.3 is 4.74 Å². The van der Waals surface area contributed by atoms with E-state index in [1.54, 1.807) is 0 Å². The summed E-state index contributed by atoms with van der Waals surface area (Å²) in [6.45, 7) is 6.21. The van der Waals surface area contributed by atoms with Crippen LogP contribution in [-0.4, -0.2) is 13.3 Å². The summed E-state index contributed by atoms with van der Waals surface area (Å²) in [6.07, 6.45) is 3.35. The van der Waals surface area contributed by atoms with Crippen molar-refractivity contribution in [2.24, 2.45) is 0 Å². The molecule has 0 N–H and O–H groups in total. The van der Waals surface area contributed by atoms with E-state index < -0.39 is 6.67 Å². The molecule has 0 atom stereocenters. The zero-order chi connectivity index (χ0) is 12.7. The van der Waals surface area contributed by atoms with Crippen molar-refractivity contribution in [3.05, 3.63) is 35.2 Å². The van der Waals surface area contributed by atoms with Gasteiger partial charge in [-0.15, -0.1) is 0 Å². The lowest BCUT2D eigenvalue weighted by atomic mass is 9.97. The first kappa shape index (κ1) is 14.0. The molecule has 0 fully saturated rings. The summed E-state index contributed by atoms with van der Waals surface area (Å²) in [4.78, 5) is 0. The van der Waals surface area contributed by atoms with Gasteiger partial charge in [0, 0.05) is 5.92 Å². The fourth-order valence-electron chi connectivity index (χ4n) is 1.76. The number of alkyl halides is 1. The monoisotopic (exact) mass is 237 g/mol. The van der Waals surface area contributed by atoms with Crippen LogP contribution in [0.5, 0.6) is 5.75 Å². The smallest absolute Gasteiger partial charge is 0.119 e. The van der Waals surface area contributed by atoms with E-state index in [4.69, 9.17) is 4.74 Å². The maximum atomic E-state index is 12.7. The Balaban J connectivity index is 2.91. The van der Waals surface area contributed by atoms with E-state index in [1.807, 2.05) is 19.9 Å². The van der Waals surface area contributed by atoms with E-state index in [1.165, 1.54) is 12.0 Å². The van der Waals surface area contributed by atoms with Crippen LogP contribution in [-0.2, 0) is 6.42 Å². The standard InChI is InChI=1S/C15H22FO/c1-4-6-7-13-8-14(12(3)11-16)10-15(9-13)17-5-2/h8-10H,4-7,11H2,1-3H3. The normalized spacial score (nSPS) is 10.9. The Labute approximate surface area is 104 Å². The molecule has 0 saturated carbocycles. The van der Waals surface area contributed by atoms with Crippen LogP contribution in [0.3, 0.4) is 0 Å². The average molecular weight is 237 g/mol. The highest BCUT2D eigenvalue weighted by Gasteiger charge is 2.09. The molecule has 1 aromatic rings. The van der Waals surface area contributed by atoms with Crippen molar-refractivity contribution < 1.29 is 9.13 Å². The Kier molecular flexibility index (Phi) is 6.03. The Morgan fingerprint density at radius 2 is 2.00 bits per heavy atom. The third-order valence-corrected chi connectivity index (χ3v) is 2.79. The summed E-state index contributed by atoms with van der Waals surface area (Å²) in [5.41, 5.74) is 2.20. The quantitative estimate of drug-likeness (QED) is 0.685. The highest BCUT2D eigenvalue weighted by molar-refractivity contribution is 5.41. The SMILES string of the molecule is CCCCc1cc(OCC)cc([C](C)CF)c1. The van der Waals surface area contributed by atoms with Gasteiger partial charge in [0.15, 0.2) is 0 Å². The molecule has 17 heavy (non-hydrogen) atoms. The van der Waals surface area contributed by atoms with Crippen LogP contribution in [0.1, 0.15) is 44.7 Å². The van der Waals surface area contributed by atoms with E-state index in [2.05, 4.69) is 19.1 Å². The molecule has 0 amide bonds. The molecule has 0 aliphatic carbocycles. The van der Waals surface area contributed by atoms with Crippen LogP contribution in [0, 0.1) is 5.92 Å². The molecule has 1 rings (SSSR count). The third kappa shape index (κ3) is 4.37. The van der Waals surface area contributed by atoms with Crippen molar-refractivity contribution in [1.29, 1.82) is 0 Å². The maximum Gasteiger partial charge on any atom is 0.119 e. The molecule has 0 heterocycles. The molecular weight excluding hydrogens is 215 g/mol. The van der Waals surface area contributed by atoms with Crippen molar-refractivity contribution in [2.45, 2.75) is 40.0 Å². The minimum atomic E-state index is -0.400. The molecule has 0 saturated heterocycles.